The highest BCUT2D eigenvalue weighted by Gasteiger charge is 2.04. The largest absolute Gasteiger partial charge is 0.397 e. The van der Waals surface area contributed by atoms with E-state index in [9.17, 15) is 0 Å². The van der Waals surface area contributed by atoms with Crippen molar-refractivity contribution in [1.29, 1.82) is 0 Å². The second-order valence-corrected chi connectivity index (χ2v) is 3.66. The molecule has 0 radical (unpaired) electrons. The zero-order valence-electron chi connectivity index (χ0n) is 10.2. The van der Waals surface area contributed by atoms with Crippen LogP contribution >= 0.6 is 11.6 Å². The average Bonchev–Trinajstić information content (AvgIpc) is 2.35. The van der Waals surface area contributed by atoms with E-state index in [1.165, 1.54) is 0 Å². The average molecular weight is 250 g/mol. The maximum atomic E-state index is 5.82. The van der Waals surface area contributed by atoms with E-state index in [-0.39, 0.29) is 0 Å². The van der Waals surface area contributed by atoms with Crippen molar-refractivity contribution in [3.8, 4) is 11.1 Å². The van der Waals surface area contributed by atoms with Crippen LogP contribution in [0.4, 0.5) is 5.69 Å². The topological polar surface area (TPSA) is 51.8 Å². The molecule has 0 bridgehead atoms. The van der Waals surface area contributed by atoms with E-state index in [2.05, 4.69) is 9.97 Å². The maximum absolute atomic E-state index is 5.82. The number of hydrogen-bond acceptors (Lipinski definition) is 3. The molecule has 2 rings (SSSR count). The summed E-state index contributed by atoms with van der Waals surface area (Å²) in [5.41, 5.74) is 9.22. The Labute approximate surface area is 107 Å². The number of nitrogens with zero attached hydrogens (tertiary/aromatic N) is 2. The van der Waals surface area contributed by atoms with Gasteiger partial charge in [-0.05, 0) is 30.7 Å². The Morgan fingerprint density at radius 3 is 2.53 bits per heavy atom. The van der Waals surface area contributed by atoms with Gasteiger partial charge in [0.15, 0.2) is 0 Å². The maximum Gasteiger partial charge on any atom is 0.129 e. The van der Waals surface area contributed by atoms with Crippen LogP contribution in [0.2, 0.25) is 5.15 Å². The van der Waals surface area contributed by atoms with Crippen LogP contribution in [-0.4, -0.2) is 9.97 Å². The quantitative estimate of drug-likeness (QED) is 0.784. The number of aryl methyl sites for hydroxylation is 1. The van der Waals surface area contributed by atoms with Crippen LogP contribution in [0.1, 0.15) is 19.5 Å². The van der Waals surface area contributed by atoms with Crippen molar-refractivity contribution in [2.45, 2.75) is 20.8 Å². The lowest BCUT2D eigenvalue weighted by Gasteiger charge is -2.06. The van der Waals surface area contributed by atoms with Crippen LogP contribution in [0.3, 0.4) is 0 Å². The van der Waals surface area contributed by atoms with E-state index < -0.39 is 0 Å². The third-order valence-corrected chi connectivity index (χ3v) is 2.35. The van der Waals surface area contributed by atoms with Crippen LogP contribution in [0.25, 0.3) is 11.1 Å². The standard InChI is InChI=1S/C11H10ClN3.C2H6/c1-7-10(5-9(13)6-15-7)8-2-3-14-11(12)4-8;1-2/h2-6H,13H2,1H3;1-2H3. The summed E-state index contributed by atoms with van der Waals surface area (Å²) < 4.78 is 0. The molecule has 0 spiro atoms. The third-order valence-electron chi connectivity index (χ3n) is 2.15. The summed E-state index contributed by atoms with van der Waals surface area (Å²) in [5.74, 6) is 0. The molecule has 0 atom stereocenters. The Hall–Kier alpha value is -1.61. The van der Waals surface area contributed by atoms with Gasteiger partial charge in [0.1, 0.15) is 5.15 Å². The van der Waals surface area contributed by atoms with Gasteiger partial charge in [-0.1, -0.05) is 25.4 Å². The van der Waals surface area contributed by atoms with Crippen LogP contribution in [0.15, 0.2) is 30.6 Å². The van der Waals surface area contributed by atoms with Gasteiger partial charge < -0.3 is 5.73 Å². The molecule has 3 nitrogen and oxygen atoms in total. The van der Waals surface area contributed by atoms with Crippen molar-refractivity contribution in [3.63, 3.8) is 0 Å². The summed E-state index contributed by atoms with van der Waals surface area (Å²) in [6.45, 7) is 5.93. The van der Waals surface area contributed by atoms with E-state index in [4.69, 9.17) is 17.3 Å². The summed E-state index contributed by atoms with van der Waals surface area (Å²) in [5, 5.41) is 0.467. The van der Waals surface area contributed by atoms with E-state index in [0.29, 0.717) is 10.8 Å². The lowest BCUT2D eigenvalue weighted by molar-refractivity contribution is 1.20. The number of aromatic nitrogens is 2. The monoisotopic (exact) mass is 249 g/mol. The Bertz CT molecular complexity index is 498. The van der Waals surface area contributed by atoms with Crippen molar-refractivity contribution >= 4 is 17.3 Å². The number of anilines is 1. The minimum Gasteiger partial charge on any atom is -0.397 e. The molecule has 90 valence electrons. The van der Waals surface area contributed by atoms with Crippen molar-refractivity contribution in [3.05, 3.63) is 41.4 Å². The van der Waals surface area contributed by atoms with Gasteiger partial charge in [-0.3, -0.25) is 4.98 Å². The Morgan fingerprint density at radius 2 is 1.88 bits per heavy atom. The highest BCUT2D eigenvalue weighted by molar-refractivity contribution is 6.29. The Balaban J connectivity index is 0.000000686. The molecule has 4 heteroatoms. The smallest absolute Gasteiger partial charge is 0.129 e. The predicted octanol–water partition coefficient (Wildman–Crippen LogP) is 3.71. The summed E-state index contributed by atoms with van der Waals surface area (Å²) in [4.78, 5) is 8.13. The van der Waals surface area contributed by atoms with Gasteiger partial charge in [0, 0.05) is 17.5 Å². The molecule has 0 unspecified atom stereocenters. The van der Waals surface area contributed by atoms with Gasteiger partial charge in [-0.2, -0.15) is 0 Å². The fraction of sp³-hybridized carbons (Fsp3) is 0.231. The number of hydrogen-bond donors (Lipinski definition) is 1. The molecule has 0 saturated carbocycles. The zero-order valence-corrected chi connectivity index (χ0v) is 11.0. The van der Waals surface area contributed by atoms with Gasteiger partial charge in [0.05, 0.1) is 11.9 Å². The van der Waals surface area contributed by atoms with Crippen molar-refractivity contribution in [2.24, 2.45) is 0 Å². The summed E-state index contributed by atoms with van der Waals surface area (Å²) in [6, 6.07) is 5.56. The normalized spacial score (nSPS) is 9.41. The van der Waals surface area contributed by atoms with Crippen molar-refractivity contribution in [2.75, 3.05) is 5.73 Å². The second-order valence-electron chi connectivity index (χ2n) is 3.27. The molecular weight excluding hydrogens is 234 g/mol. The van der Waals surface area contributed by atoms with Gasteiger partial charge >= 0.3 is 0 Å². The number of pyridine rings is 2. The van der Waals surface area contributed by atoms with Crippen molar-refractivity contribution in [1.82, 2.24) is 9.97 Å². The Morgan fingerprint density at radius 1 is 1.18 bits per heavy atom. The molecule has 0 saturated heterocycles. The first-order valence-electron chi connectivity index (χ1n) is 5.51. The molecule has 0 aromatic carbocycles. The van der Waals surface area contributed by atoms with Crippen molar-refractivity contribution < 1.29 is 0 Å². The van der Waals surface area contributed by atoms with E-state index >= 15 is 0 Å². The SMILES string of the molecule is CC.Cc1ncc(N)cc1-c1ccnc(Cl)c1. The highest BCUT2D eigenvalue weighted by atomic mass is 35.5. The lowest BCUT2D eigenvalue weighted by atomic mass is 10.1. The fourth-order valence-corrected chi connectivity index (χ4v) is 1.59. The molecule has 2 heterocycles. The molecule has 0 fully saturated rings. The molecule has 0 amide bonds. The number of nitrogens with two attached hydrogens (primary N) is 1. The van der Waals surface area contributed by atoms with Crippen LogP contribution in [0.5, 0.6) is 0 Å². The summed E-state index contributed by atoms with van der Waals surface area (Å²) >= 11 is 5.82. The fourth-order valence-electron chi connectivity index (χ4n) is 1.41. The molecule has 0 aliphatic rings. The third kappa shape index (κ3) is 3.43. The number of halogens is 1. The minimum absolute atomic E-state index is 0.467. The first kappa shape index (κ1) is 13.5. The first-order valence-corrected chi connectivity index (χ1v) is 5.88. The number of rotatable bonds is 1. The van der Waals surface area contributed by atoms with Crippen LogP contribution in [0, 0.1) is 6.92 Å². The molecule has 17 heavy (non-hydrogen) atoms. The Kier molecular flexibility index (Phi) is 4.91. The van der Waals surface area contributed by atoms with Gasteiger partial charge in [0.2, 0.25) is 0 Å². The molecule has 2 aromatic rings. The number of nitrogen functional groups attached to an aromatic ring is 1. The van der Waals surface area contributed by atoms with Gasteiger partial charge in [0.25, 0.3) is 0 Å². The summed E-state index contributed by atoms with van der Waals surface area (Å²) in [7, 11) is 0. The molecule has 0 aliphatic heterocycles. The minimum atomic E-state index is 0.467. The second kappa shape index (κ2) is 6.21. The van der Waals surface area contributed by atoms with E-state index in [1.807, 2.05) is 32.9 Å². The molecule has 2 N–H and O–H groups in total. The van der Waals surface area contributed by atoms with Gasteiger partial charge in [-0.25, -0.2) is 4.98 Å². The predicted molar refractivity (Wildman–Crippen MR) is 73.0 cm³/mol. The molecular formula is C13H16ClN3. The highest BCUT2D eigenvalue weighted by Crippen LogP contribution is 2.25. The van der Waals surface area contributed by atoms with Crippen LogP contribution in [-0.2, 0) is 0 Å². The van der Waals surface area contributed by atoms with Crippen LogP contribution < -0.4 is 5.73 Å². The zero-order chi connectivity index (χ0) is 12.8. The first-order chi connectivity index (χ1) is 8.16. The van der Waals surface area contributed by atoms with Gasteiger partial charge in [-0.15, -0.1) is 0 Å². The summed E-state index contributed by atoms with van der Waals surface area (Å²) in [6.07, 6.45) is 3.31. The molecule has 0 aliphatic carbocycles. The lowest BCUT2D eigenvalue weighted by Crippen LogP contribution is -1.92. The molecule has 2 aromatic heterocycles. The van der Waals surface area contributed by atoms with E-state index in [1.54, 1.807) is 18.5 Å². The van der Waals surface area contributed by atoms with E-state index in [0.717, 1.165) is 16.8 Å².